The van der Waals surface area contributed by atoms with E-state index in [0.29, 0.717) is 0 Å². The Kier molecular flexibility index (Phi) is 4.97. The molecule has 0 radical (unpaired) electrons. The molecule has 0 N–H and O–H groups in total. The maximum atomic E-state index is 4.75. The topological polar surface area (TPSA) is 25.8 Å². The number of fused-ring (bicyclic) bond motifs is 3. The van der Waals surface area contributed by atoms with Crippen LogP contribution in [0, 0.1) is 3.83 Å². The normalized spacial score (nSPS) is 11.3. The van der Waals surface area contributed by atoms with Crippen molar-refractivity contribution in [3.05, 3.63) is 107 Å². The molecular formula is C28H17IN2S. The zero-order chi connectivity index (χ0) is 21.5. The highest BCUT2D eigenvalue weighted by Gasteiger charge is 2.11. The van der Waals surface area contributed by atoms with Crippen LogP contribution in [0.2, 0.25) is 0 Å². The van der Waals surface area contributed by atoms with Gasteiger partial charge in [-0.25, -0.2) is 9.97 Å². The van der Waals surface area contributed by atoms with Crippen molar-refractivity contribution in [2.24, 2.45) is 0 Å². The van der Waals surface area contributed by atoms with E-state index in [1.54, 1.807) is 0 Å². The fourth-order valence-electron chi connectivity index (χ4n) is 4.09. The molecule has 0 saturated carbocycles. The van der Waals surface area contributed by atoms with E-state index in [4.69, 9.17) is 9.97 Å². The smallest absolute Gasteiger partial charge is 0.191 e. The summed E-state index contributed by atoms with van der Waals surface area (Å²) < 4.78 is 3.34. The third kappa shape index (κ3) is 3.59. The van der Waals surface area contributed by atoms with Crippen LogP contribution in [-0.2, 0) is 0 Å². The Morgan fingerprint density at radius 1 is 0.500 bits per heavy atom. The summed E-state index contributed by atoms with van der Waals surface area (Å²) >= 11 is 4.04. The predicted octanol–water partition coefficient (Wildman–Crippen LogP) is 8.45. The third-order valence-corrected chi connectivity index (χ3v) is 7.25. The number of halogens is 1. The molecular weight excluding hydrogens is 523 g/mol. The van der Waals surface area contributed by atoms with Crippen LogP contribution in [0.25, 0.3) is 53.8 Å². The minimum absolute atomic E-state index is 0.747. The average molecular weight is 540 g/mol. The lowest BCUT2D eigenvalue weighted by molar-refractivity contribution is 1.12. The van der Waals surface area contributed by atoms with Gasteiger partial charge < -0.3 is 0 Å². The van der Waals surface area contributed by atoms with Gasteiger partial charge in [-0.05, 0) is 35.4 Å². The number of nitrogens with zero attached hydrogens (tertiary/aromatic N) is 2. The van der Waals surface area contributed by atoms with Crippen molar-refractivity contribution in [2.75, 3.05) is 0 Å². The summed E-state index contributed by atoms with van der Waals surface area (Å²) in [7, 11) is 0. The molecule has 2 nitrogen and oxygen atoms in total. The van der Waals surface area contributed by atoms with Crippen molar-refractivity contribution in [1.82, 2.24) is 9.97 Å². The second kappa shape index (κ2) is 8.11. The second-order valence-corrected chi connectivity index (χ2v) is 9.71. The van der Waals surface area contributed by atoms with Crippen molar-refractivity contribution in [3.63, 3.8) is 0 Å². The molecule has 6 rings (SSSR count). The monoisotopic (exact) mass is 540 g/mol. The van der Waals surface area contributed by atoms with Crippen LogP contribution in [-0.4, -0.2) is 9.97 Å². The fourth-order valence-corrected chi connectivity index (χ4v) is 5.75. The number of hydrogen-bond acceptors (Lipinski definition) is 3. The highest BCUT2D eigenvalue weighted by Crippen LogP contribution is 2.36. The molecule has 2 aromatic heterocycles. The van der Waals surface area contributed by atoms with Gasteiger partial charge in [-0.15, -0.1) is 11.3 Å². The summed E-state index contributed by atoms with van der Waals surface area (Å²) in [5, 5.41) is 2.61. The van der Waals surface area contributed by atoms with Crippen LogP contribution in [0.4, 0.5) is 0 Å². The lowest BCUT2D eigenvalue weighted by Crippen LogP contribution is -1.95. The number of hydrogen-bond donors (Lipinski definition) is 0. The molecule has 0 unspecified atom stereocenters. The summed E-state index contributed by atoms with van der Waals surface area (Å²) in [5.74, 6) is 0. The second-order valence-electron chi connectivity index (χ2n) is 7.66. The first kappa shape index (κ1) is 19.6. The first-order valence-electron chi connectivity index (χ1n) is 10.4. The van der Waals surface area contributed by atoms with E-state index >= 15 is 0 Å². The van der Waals surface area contributed by atoms with E-state index in [1.807, 2.05) is 17.4 Å². The van der Waals surface area contributed by atoms with Gasteiger partial charge in [-0.2, -0.15) is 0 Å². The minimum atomic E-state index is 0.747. The summed E-state index contributed by atoms with van der Waals surface area (Å²) in [6.07, 6.45) is 0. The van der Waals surface area contributed by atoms with Crippen molar-refractivity contribution in [3.8, 4) is 33.6 Å². The van der Waals surface area contributed by atoms with Crippen LogP contribution in [0.5, 0.6) is 0 Å². The molecule has 0 bridgehead atoms. The SMILES string of the molecule is Ic1nc(-c2cccc(-c3ccccc3)c2)cc(-c2ccc3c(c2)sc2ccccc23)n1. The Labute approximate surface area is 203 Å². The molecule has 0 amide bonds. The fraction of sp³-hybridized carbons (Fsp3) is 0. The van der Waals surface area contributed by atoms with E-state index < -0.39 is 0 Å². The van der Waals surface area contributed by atoms with E-state index in [9.17, 15) is 0 Å². The van der Waals surface area contributed by atoms with Gasteiger partial charge >= 0.3 is 0 Å². The maximum Gasteiger partial charge on any atom is 0.191 e. The number of rotatable bonds is 3. The molecule has 4 heteroatoms. The summed E-state index contributed by atoms with van der Waals surface area (Å²) in [5.41, 5.74) is 6.48. The molecule has 4 aromatic carbocycles. The molecule has 0 saturated heterocycles. The maximum absolute atomic E-state index is 4.75. The molecule has 0 aliphatic heterocycles. The van der Waals surface area contributed by atoms with Crippen LogP contribution < -0.4 is 0 Å². The standard InChI is InChI=1S/C28H17IN2S/c29-28-30-24(20-10-6-9-19(15-20)18-7-2-1-3-8-18)17-25(31-28)21-13-14-23-22-11-4-5-12-26(22)32-27(23)16-21/h1-17H. The zero-order valence-electron chi connectivity index (χ0n) is 17.0. The average Bonchev–Trinajstić information content (AvgIpc) is 3.22. The number of thiophene rings is 1. The quantitative estimate of drug-likeness (QED) is 0.166. The van der Waals surface area contributed by atoms with Gasteiger partial charge in [0.1, 0.15) is 0 Å². The van der Waals surface area contributed by atoms with Gasteiger partial charge in [0.15, 0.2) is 3.83 Å². The van der Waals surface area contributed by atoms with Gasteiger partial charge in [-0.1, -0.05) is 78.9 Å². The lowest BCUT2D eigenvalue weighted by Gasteiger charge is -2.08. The number of aromatic nitrogens is 2. The Balaban J connectivity index is 1.45. The van der Waals surface area contributed by atoms with Crippen molar-refractivity contribution >= 4 is 54.1 Å². The third-order valence-electron chi connectivity index (χ3n) is 5.64. The van der Waals surface area contributed by atoms with E-state index in [2.05, 4.69) is 120 Å². The largest absolute Gasteiger partial charge is 0.223 e. The van der Waals surface area contributed by atoms with Gasteiger partial charge in [0.2, 0.25) is 0 Å². The molecule has 0 aliphatic carbocycles. The highest BCUT2D eigenvalue weighted by molar-refractivity contribution is 14.1. The molecule has 0 atom stereocenters. The highest BCUT2D eigenvalue weighted by atomic mass is 127. The molecule has 0 aliphatic rings. The molecule has 6 aromatic rings. The van der Waals surface area contributed by atoms with Crippen LogP contribution >= 0.6 is 33.9 Å². The summed E-state index contributed by atoms with van der Waals surface area (Å²) in [6, 6.07) is 36.3. The van der Waals surface area contributed by atoms with Gasteiger partial charge in [0, 0.05) is 53.9 Å². The lowest BCUT2D eigenvalue weighted by atomic mass is 10.0. The van der Waals surface area contributed by atoms with E-state index in [0.717, 1.165) is 26.3 Å². The molecule has 152 valence electrons. The van der Waals surface area contributed by atoms with Crippen LogP contribution in [0.3, 0.4) is 0 Å². The molecule has 32 heavy (non-hydrogen) atoms. The Bertz CT molecular complexity index is 1590. The van der Waals surface area contributed by atoms with Gasteiger partial charge in [-0.3, -0.25) is 0 Å². The van der Waals surface area contributed by atoms with Crippen LogP contribution in [0.1, 0.15) is 0 Å². The van der Waals surface area contributed by atoms with Crippen molar-refractivity contribution < 1.29 is 0 Å². The van der Waals surface area contributed by atoms with E-state index in [1.165, 1.54) is 31.3 Å². The zero-order valence-corrected chi connectivity index (χ0v) is 20.0. The molecule has 2 heterocycles. The number of benzene rings is 4. The molecule has 0 fully saturated rings. The van der Waals surface area contributed by atoms with Crippen molar-refractivity contribution in [2.45, 2.75) is 0 Å². The first-order valence-corrected chi connectivity index (χ1v) is 12.3. The Morgan fingerprint density at radius 2 is 1.16 bits per heavy atom. The predicted molar refractivity (Wildman–Crippen MR) is 144 cm³/mol. The van der Waals surface area contributed by atoms with Gasteiger partial charge in [0.25, 0.3) is 0 Å². The first-order chi connectivity index (χ1) is 15.7. The minimum Gasteiger partial charge on any atom is -0.223 e. The Hall–Kier alpha value is -3.09. The van der Waals surface area contributed by atoms with Crippen molar-refractivity contribution in [1.29, 1.82) is 0 Å². The summed E-state index contributed by atoms with van der Waals surface area (Å²) in [4.78, 5) is 9.49. The Morgan fingerprint density at radius 3 is 2.00 bits per heavy atom. The van der Waals surface area contributed by atoms with Crippen LogP contribution in [0.15, 0.2) is 103 Å². The summed E-state index contributed by atoms with van der Waals surface area (Å²) in [6.45, 7) is 0. The van der Waals surface area contributed by atoms with Gasteiger partial charge in [0.05, 0.1) is 11.4 Å². The molecule has 0 spiro atoms. The van der Waals surface area contributed by atoms with E-state index in [-0.39, 0.29) is 0 Å².